The molecule has 4 nitrogen and oxygen atoms in total. The van der Waals surface area contributed by atoms with E-state index in [1.807, 2.05) is 10.6 Å². The van der Waals surface area contributed by atoms with Gasteiger partial charge in [0.05, 0.1) is 5.16 Å². The Morgan fingerprint density at radius 3 is 2.08 bits per heavy atom. The van der Waals surface area contributed by atoms with E-state index in [2.05, 4.69) is 47.1 Å². The molecule has 0 aliphatic heterocycles. The number of amides is 1. The quantitative estimate of drug-likeness (QED) is 0.250. The van der Waals surface area contributed by atoms with Gasteiger partial charge in [-0.1, -0.05) is 24.3 Å². The van der Waals surface area contributed by atoms with E-state index in [1.54, 1.807) is 0 Å². The minimum atomic E-state index is 0.441. The number of carbonyl (C=O) groups excluding carboxylic acids is 1. The topological polar surface area (TPSA) is 53.5 Å². The first-order valence-corrected chi connectivity index (χ1v) is 3.91. The number of isothiocyanates is 1. The molecule has 0 aromatic heterocycles. The van der Waals surface area contributed by atoms with Gasteiger partial charge in [-0.3, -0.25) is 10.2 Å². The maximum Gasteiger partial charge on any atom is 0.226 e. The van der Waals surface area contributed by atoms with Gasteiger partial charge in [0.1, 0.15) is 0 Å². The number of rotatable bonds is 3. The lowest BCUT2D eigenvalue weighted by Gasteiger charge is -2.10. The predicted octanol–water partition coefficient (Wildman–Crippen LogP) is 0.922. The molecule has 0 aromatic carbocycles. The number of thiocarbonyl (C=S) groups is 1. The van der Waals surface area contributed by atoms with Gasteiger partial charge >= 0.3 is 0 Å². The fourth-order valence-electron chi connectivity index (χ4n) is 0.744. The second kappa shape index (κ2) is 5.03. The summed E-state index contributed by atoms with van der Waals surface area (Å²) in [5.41, 5.74) is 6.95. The molecule has 0 spiro atoms. The lowest BCUT2D eigenvalue weighted by Crippen LogP contribution is -2.24. The van der Waals surface area contributed by atoms with Crippen LogP contribution in [0.1, 0.15) is 0 Å². The van der Waals surface area contributed by atoms with Crippen molar-refractivity contribution >= 4 is 23.8 Å². The highest BCUT2D eigenvalue weighted by molar-refractivity contribution is 7.78. The van der Waals surface area contributed by atoms with Gasteiger partial charge in [0.2, 0.25) is 6.41 Å². The molecule has 2 N–H and O–H groups in total. The van der Waals surface area contributed by atoms with Crippen molar-refractivity contribution in [2.75, 3.05) is 0 Å². The van der Waals surface area contributed by atoms with E-state index in [4.69, 9.17) is 0 Å². The van der Waals surface area contributed by atoms with Gasteiger partial charge in [0.15, 0.2) is 0 Å². The zero-order valence-electron chi connectivity index (χ0n) is 6.65. The van der Waals surface area contributed by atoms with Gasteiger partial charge in [0.25, 0.3) is 0 Å². The van der Waals surface area contributed by atoms with Gasteiger partial charge in [-0.05, 0) is 23.3 Å². The summed E-state index contributed by atoms with van der Waals surface area (Å²) in [5, 5.41) is 5.11. The zero-order chi connectivity index (χ0) is 9.52. The number of carbonyl (C=O) groups is 1. The van der Waals surface area contributed by atoms with Gasteiger partial charge in [-0.2, -0.15) is 0 Å². The predicted molar refractivity (Wildman–Crippen MR) is 52.8 cm³/mol. The van der Waals surface area contributed by atoms with Gasteiger partial charge in [-0.25, -0.2) is 5.53 Å². The largest absolute Gasteiger partial charge is 0.277 e. The summed E-state index contributed by atoms with van der Waals surface area (Å²) in [4.78, 5) is 9.38. The van der Waals surface area contributed by atoms with Crippen molar-refractivity contribution in [3.8, 4) is 11.1 Å². The number of hydrazine groups is 1. The number of fused-ring (bicyclic) bond motifs is 1. The Balaban J connectivity index is 0.000000130. The summed E-state index contributed by atoms with van der Waals surface area (Å²) in [6.45, 7) is 0. The Morgan fingerprint density at radius 1 is 1.31 bits per heavy atom. The van der Waals surface area contributed by atoms with Crippen molar-refractivity contribution < 1.29 is 4.79 Å². The maximum atomic E-state index is 9.38. The van der Waals surface area contributed by atoms with E-state index >= 15 is 0 Å². The Morgan fingerprint density at radius 2 is 1.85 bits per heavy atom. The van der Waals surface area contributed by atoms with Crippen LogP contribution in [0.25, 0.3) is 11.1 Å². The van der Waals surface area contributed by atoms with E-state index in [9.17, 15) is 4.79 Å². The van der Waals surface area contributed by atoms with Crippen LogP contribution in [0.3, 0.4) is 0 Å². The lowest BCUT2D eigenvalue weighted by atomic mass is 9.95. The molecular weight excluding hydrogens is 186 g/mol. The molecule has 0 radical (unpaired) electrons. The van der Waals surface area contributed by atoms with Crippen LogP contribution in [0.4, 0.5) is 0 Å². The summed E-state index contributed by atoms with van der Waals surface area (Å²) in [6, 6.07) is 8.48. The van der Waals surface area contributed by atoms with Crippen LogP contribution in [-0.4, -0.2) is 11.6 Å². The third-order valence-electron chi connectivity index (χ3n) is 1.44. The summed E-state index contributed by atoms with van der Waals surface area (Å²) in [6.07, 6.45) is 0.441. The van der Waals surface area contributed by atoms with Crippen LogP contribution in [-0.2, 0) is 4.79 Å². The Kier molecular flexibility index (Phi) is 3.63. The summed E-state index contributed by atoms with van der Waals surface area (Å²) < 4.78 is 0. The van der Waals surface area contributed by atoms with Gasteiger partial charge in [0, 0.05) is 0 Å². The number of nitrogens with zero attached hydrogens (tertiary/aromatic N) is 1. The number of hydrogen-bond donors (Lipinski definition) is 2. The molecule has 0 saturated carbocycles. The Hall–Kier alpha value is -1.71. The summed E-state index contributed by atoms with van der Waals surface area (Å²) in [7, 11) is 0. The number of hydrazone groups is 1. The zero-order valence-corrected chi connectivity index (χ0v) is 7.47. The first kappa shape index (κ1) is 9.38. The van der Waals surface area contributed by atoms with Crippen molar-refractivity contribution in [3.05, 3.63) is 24.3 Å². The van der Waals surface area contributed by atoms with Crippen molar-refractivity contribution in [2.45, 2.75) is 0 Å². The Bertz CT molecular complexity index is 309. The molecule has 2 rings (SSSR count). The number of nitrogens with one attached hydrogen (secondary N) is 2. The van der Waals surface area contributed by atoms with E-state index in [0.717, 1.165) is 0 Å². The molecule has 0 unspecified atom stereocenters. The molecule has 0 fully saturated rings. The highest BCUT2D eigenvalue weighted by Gasteiger charge is 2.03. The molecule has 5 heteroatoms. The van der Waals surface area contributed by atoms with Gasteiger partial charge in [-0.15, -0.1) is 5.10 Å². The van der Waals surface area contributed by atoms with Crippen LogP contribution >= 0.6 is 12.2 Å². The second-order valence-electron chi connectivity index (χ2n) is 2.15. The molecule has 13 heavy (non-hydrogen) atoms. The van der Waals surface area contributed by atoms with Crippen LogP contribution in [0.5, 0.6) is 0 Å². The molecule has 2 aliphatic rings. The summed E-state index contributed by atoms with van der Waals surface area (Å²) in [5.74, 6) is 0. The molecule has 0 bridgehead atoms. The molecule has 2 aliphatic carbocycles. The van der Waals surface area contributed by atoms with E-state index < -0.39 is 0 Å². The minimum absolute atomic E-state index is 0.441. The van der Waals surface area contributed by atoms with Crippen LogP contribution < -0.4 is 11.0 Å². The SMILES string of the molecule is O=CNNN=C=S.c1cc2ccc1-2. The fraction of sp³-hybridized carbons (Fsp3) is 0. The molecule has 0 saturated heterocycles. The van der Waals surface area contributed by atoms with E-state index in [0.29, 0.717) is 6.41 Å². The van der Waals surface area contributed by atoms with Crippen molar-refractivity contribution in [3.63, 3.8) is 0 Å². The molecule has 66 valence electrons. The smallest absolute Gasteiger partial charge is 0.226 e. The standard InChI is InChI=1S/C6H4.C2H3N3OS/c1-2-6-4-3-5(1)6;6-1-3-5-4-2-7/h1-4H;1,5H,(H,3,6). The molecule has 1 amide bonds. The maximum absolute atomic E-state index is 9.38. The van der Waals surface area contributed by atoms with Crippen molar-refractivity contribution in [1.82, 2.24) is 11.0 Å². The third kappa shape index (κ3) is 2.66. The average Bonchev–Trinajstić information content (AvgIpc) is 2.13. The first-order chi connectivity index (χ1) is 6.38. The third-order valence-corrected chi connectivity index (χ3v) is 1.53. The van der Waals surface area contributed by atoms with Crippen LogP contribution in [0, 0.1) is 0 Å². The highest BCUT2D eigenvalue weighted by Crippen LogP contribution is 2.29. The van der Waals surface area contributed by atoms with Gasteiger partial charge < -0.3 is 0 Å². The van der Waals surface area contributed by atoms with E-state index in [-0.39, 0.29) is 0 Å². The molecular formula is C8H7N3OS. The second-order valence-corrected chi connectivity index (χ2v) is 2.34. The van der Waals surface area contributed by atoms with Crippen molar-refractivity contribution in [1.29, 1.82) is 0 Å². The fourth-order valence-corrected chi connectivity index (χ4v) is 0.790. The average molecular weight is 193 g/mol. The van der Waals surface area contributed by atoms with Crippen molar-refractivity contribution in [2.24, 2.45) is 5.10 Å². The monoisotopic (exact) mass is 193 g/mol. The Labute approximate surface area is 80.6 Å². The van der Waals surface area contributed by atoms with E-state index in [1.165, 1.54) is 11.1 Å². The normalized spacial score (nSPS) is 8.31. The molecule has 0 aromatic rings. The summed E-state index contributed by atoms with van der Waals surface area (Å²) >= 11 is 4.13. The lowest BCUT2D eigenvalue weighted by molar-refractivity contribution is -0.110. The molecule has 0 heterocycles. The minimum Gasteiger partial charge on any atom is -0.277 e. The number of benzene rings is 1. The number of hydrogen-bond acceptors (Lipinski definition) is 4. The first-order valence-electron chi connectivity index (χ1n) is 3.50. The van der Waals surface area contributed by atoms with Crippen LogP contribution in [0.2, 0.25) is 0 Å². The highest BCUT2D eigenvalue weighted by atomic mass is 32.1. The van der Waals surface area contributed by atoms with Crippen LogP contribution in [0.15, 0.2) is 29.4 Å². The molecule has 0 atom stereocenters.